The number of ether oxygens (including phenoxy) is 2. The Balaban J connectivity index is 1.89. The van der Waals surface area contributed by atoms with Crippen LogP contribution in [-0.4, -0.2) is 33.7 Å². The van der Waals surface area contributed by atoms with Gasteiger partial charge >= 0.3 is 5.97 Å². The molecule has 0 amide bonds. The van der Waals surface area contributed by atoms with E-state index in [0.29, 0.717) is 24.7 Å². The van der Waals surface area contributed by atoms with Crippen molar-refractivity contribution in [3.8, 4) is 22.8 Å². The zero-order chi connectivity index (χ0) is 16.7. The summed E-state index contributed by atoms with van der Waals surface area (Å²) in [5, 5.41) is 11.0. The predicted molar refractivity (Wildman–Crippen MR) is 90.9 cm³/mol. The molecule has 2 aromatic heterocycles. The van der Waals surface area contributed by atoms with E-state index in [1.54, 1.807) is 6.08 Å². The summed E-state index contributed by atoms with van der Waals surface area (Å²) >= 11 is 1.52. The van der Waals surface area contributed by atoms with Gasteiger partial charge in [0.25, 0.3) is 0 Å². The molecular formula is C17H14N2O4S. The third kappa shape index (κ3) is 2.43. The zero-order valence-corrected chi connectivity index (χ0v) is 13.7. The van der Waals surface area contributed by atoms with Crippen LogP contribution in [0.4, 0.5) is 0 Å². The highest BCUT2D eigenvalue weighted by molar-refractivity contribution is 7.15. The van der Waals surface area contributed by atoms with Crippen LogP contribution >= 0.6 is 11.3 Å². The van der Waals surface area contributed by atoms with Crippen LogP contribution in [0.2, 0.25) is 0 Å². The van der Waals surface area contributed by atoms with Gasteiger partial charge in [0.2, 0.25) is 0 Å². The number of imidazole rings is 1. The number of hydrogen-bond acceptors (Lipinski definition) is 5. The summed E-state index contributed by atoms with van der Waals surface area (Å²) in [6.45, 7) is 3.02. The van der Waals surface area contributed by atoms with Crippen molar-refractivity contribution < 1.29 is 19.4 Å². The van der Waals surface area contributed by atoms with Gasteiger partial charge in [-0.05, 0) is 31.2 Å². The lowest BCUT2D eigenvalue weighted by Crippen LogP contribution is -2.15. The summed E-state index contributed by atoms with van der Waals surface area (Å²) in [5.41, 5.74) is 3.33. The minimum Gasteiger partial charge on any atom is -0.486 e. The molecule has 1 aliphatic rings. The van der Waals surface area contributed by atoms with Crippen molar-refractivity contribution >= 4 is 28.3 Å². The van der Waals surface area contributed by atoms with Crippen molar-refractivity contribution in [1.29, 1.82) is 0 Å². The number of aromatic nitrogens is 2. The standard InChI is InChI=1S/C17H14N2O4S/c1-10-9-24-17-18-16(12(19(10)17)3-5-15(20)21)11-2-4-13-14(8-11)23-7-6-22-13/h2-5,8-9H,6-7H2,1H3,(H,20,21)/b5-3+. The van der Waals surface area contributed by atoms with E-state index >= 15 is 0 Å². The minimum absolute atomic E-state index is 0.514. The van der Waals surface area contributed by atoms with E-state index in [2.05, 4.69) is 4.98 Å². The van der Waals surface area contributed by atoms with Crippen LogP contribution in [0, 0.1) is 6.92 Å². The molecule has 1 N–H and O–H groups in total. The molecule has 0 atom stereocenters. The van der Waals surface area contributed by atoms with Crippen LogP contribution in [0.15, 0.2) is 29.7 Å². The minimum atomic E-state index is -0.994. The second-order valence-corrected chi connectivity index (χ2v) is 6.21. The molecular weight excluding hydrogens is 328 g/mol. The first-order valence-corrected chi connectivity index (χ1v) is 8.29. The molecule has 0 unspecified atom stereocenters. The van der Waals surface area contributed by atoms with Crippen molar-refractivity contribution in [2.24, 2.45) is 0 Å². The second kappa shape index (κ2) is 5.68. The van der Waals surface area contributed by atoms with Crippen LogP contribution in [0.5, 0.6) is 11.5 Å². The molecule has 3 heterocycles. The highest BCUT2D eigenvalue weighted by Gasteiger charge is 2.18. The fourth-order valence-electron chi connectivity index (χ4n) is 2.73. The maximum atomic E-state index is 10.9. The van der Waals surface area contributed by atoms with Crippen LogP contribution in [0.1, 0.15) is 11.4 Å². The summed E-state index contributed by atoms with van der Waals surface area (Å²) in [4.78, 5) is 16.4. The van der Waals surface area contributed by atoms with Crippen molar-refractivity contribution in [3.63, 3.8) is 0 Å². The first-order chi connectivity index (χ1) is 11.6. The Morgan fingerprint density at radius 2 is 2.12 bits per heavy atom. The molecule has 0 spiro atoms. The Kier molecular flexibility index (Phi) is 3.50. The number of rotatable bonds is 3. The molecule has 122 valence electrons. The van der Waals surface area contributed by atoms with Gasteiger partial charge < -0.3 is 14.6 Å². The first-order valence-electron chi connectivity index (χ1n) is 7.41. The van der Waals surface area contributed by atoms with Crippen molar-refractivity contribution in [1.82, 2.24) is 9.38 Å². The second-order valence-electron chi connectivity index (χ2n) is 5.37. The van der Waals surface area contributed by atoms with E-state index in [9.17, 15) is 4.79 Å². The van der Waals surface area contributed by atoms with Gasteiger partial charge in [-0.3, -0.25) is 4.40 Å². The van der Waals surface area contributed by atoms with E-state index in [0.717, 1.165) is 33.7 Å². The summed E-state index contributed by atoms with van der Waals surface area (Å²) in [6.07, 6.45) is 2.70. The molecule has 0 saturated carbocycles. The first kappa shape index (κ1) is 14.8. The lowest BCUT2D eigenvalue weighted by molar-refractivity contribution is -0.131. The predicted octanol–water partition coefficient (Wildman–Crippen LogP) is 3.24. The Hall–Kier alpha value is -2.80. The molecule has 0 fully saturated rings. The molecule has 1 aromatic carbocycles. The molecule has 0 saturated heterocycles. The topological polar surface area (TPSA) is 73.1 Å². The summed E-state index contributed by atoms with van der Waals surface area (Å²) in [6, 6.07) is 5.65. The lowest BCUT2D eigenvalue weighted by Gasteiger charge is -2.18. The third-order valence-corrected chi connectivity index (χ3v) is 4.71. The molecule has 7 heteroatoms. The maximum Gasteiger partial charge on any atom is 0.328 e. The Morgan fingerprint density at radius 3 is 2.92 bits per heavy atom. The van der Waals surface area contributed by atoms with Gasteiger partial charge in [-0.25, -0.2) is 9.78 Å². The number of fused-ring (bicyclic) bond motifs is 2. The Morgan fingerprint density at radius 1 is 1.33 bits per heavy atom. The highest BCUT2D eigenvalue weighted by Crippen LogP contribution is 2.36. The van der Waals surface area contributed by atoms with Crippen molar-refractivity contribution in [2.45, 2.75) is 6.92 Å². The van der Waals surface area contributed by atoms with Gasteiger partial charge in [0.05, 0.1) is 11.4 Å². The van der Waals surface area contributed by atoms with Crippen LogP contribution in [-0.2, 0) is 4.79 Å². The van der Waals surface area contributed by atoms with E-state index in [4.69, 9.17) is 14.6 Å². The van der Waals surface area contributed by atoms with Crippen LogP contribution in [0.25, 0.3) is 22.3 Å². The molecule has 4 rings (SSSR count). The average Bonchev–Trinajstić information content (AvgIpc) is 3.12. The van der Waals surface area contributed by atoms with Crippen LogP contribution in [0.3, 0.4) is 0 Å². The maximum absolute atomic E-state index is 10.9. The fraction of sp³-hybridized carbons (Fsp3) is 0.176. The number of aliphatic carboxylic acids is 1. The number of carboxylic acid groups (broad SMARTS) is 1. The molecule has 24 heavy (non-hydrogen) atoms. The fourth-order valence-corrected chi connectivity index (χ4v) is 3.60. The summed E-state index contributed by atoms with van der Waals surface area (Å²) in [7, 11) is 0. The molecule has 3 aromatic rings. The van der Waals surface area contributed by atoms with Gasteiger partial charge in [0.1, 0.15) is 13.2 Å². The average molecular weight is 342 g/mol. The lowest BCUT2D eigenvalue weighted by atomic mass is 10.1. The van der Waals surface area contributed by atoms with Crippen molar-refractivity contribution in [3.05, 3.63) is 41.0 Å². The number of thiazole rings is 1. The molecule has 0 aliphatic carbocycles. The number of hydrogen-bond donors (Lipinski definition) is 1. The smallest absolute Gasteiger partial charge is 0.328 e. The summed E-state index contributed by atoms with van der Waals surface area (Å²) in [5.74, 6) is 0.399. The van der Waals surface area contributed by atoms with E-state index in [1.165, 1.54) is 11.3 Å². The normalized spacial score (nSPS) is 13.7. The number of carbonyl (C=O) groups is 1. The Labute approximate surface area is 141 Å². The highest BCUT2D eigenvalue weighted by atomic mass is 32.1. The molecule has 0 bridgehead atoms. The zero-order valence-electron chi connectivity index (χ0n) is 12.9. The van der Waals surface area contributed by atoms with Gasteiger partial charge in [0, 0.05) is 22.7 Å². The third-order valence-electron chi connectivity index (χ3n) is 3.77. The van der Waals surface area contributed by atoms with Gasteiger partial charge in [-0.15, -0.1) is 11.3 Å². The van der Waals surface area contributed by atoms with E-state index in [-0.39, 0.29) is 0 Å². The number of nitrogens with zero attached hydrogens (tertiary/aromatic N) is 2. The Bertz CT molecular complexity index is 971. The number of aryl methyl sites for hydroxylation is 1. The van der Waals surface area contributed by atoms with Crippen LogP contribution < -0.4 is 9.47 Å². The molecule has 1 aliphatic heterocycles. The van der Waals surface area contributed by atoms with E-state index < -0.39 is 5.97 Å². The quantitative estimate of drug-likeness (QED) is 0.740. The number of benzene rings is 1. The van der Waals surface area contributed by atoms with Gasteiger partial charge in [-0.1, -0.05) is 0 Å². The van der Waals surface area contributed by atoms with Gasteiger partial charge in [-0.2, -0.15) is 0 Å². The van der Waals surface area contributed by atoms with Crippen molar-refractivity contribution in [2.75, 3.05) is 13.2 Å². The monoisotopic (exact) mass is 342 g/mol. The van der Waals surface area contributed by atoms with E-state index in [1.807, 2.05) is 34.9 Å². The SMILES string of the molecule is Cc1csc2nc(-c3ccc4c(c3)OCCO4)c(/C=C/C(=O)O)n12. The van der Waals surface area contributed by atoms with Gasteiger partial charge in [0.15, 0.2) is 16.5 Å². The summed E-state index contributed by atoms with van der Waals surface area (Å²) < 4.78 is 13.1. The molecule has 6 nitrogen and oxygen atoms in total. The largest absolute Gasteiger partial charge is 0.486 e. The molecule has 0 radical (unpaired) electrons. The number of carboxylic acids is 1.